The smallest absolute Gasteiger partial charge is 0.221 e. The number of para-hydroxylation sites is 1. The topological polar surface area (TPSA) is 50.4 Å². The predicted molar refractivity (Wildman–Crippen MR) is 89.3 cm³/mol. The van der Waals surface area contributed by atoms with Crippen molar-refractivity contribution in [2.45, 2.75) is 51.5 Å². The van der Waals surface area contributed by atoms with Gasteiger partial charge in [0.05, 0.1) is 6.54 Å². The van der Waals surface area contributed by atoms with Gasteiger partial charge in [-0.25, -0.2) is 0 Å². The van der Waals surface area contributed by atoms with Crippen molar-refractivity contribution in [3.63, 3.8) is 0 Å². The quantitative estimate of drug-likeness (QED) is 0.794. The number of amides is 1. The van der Waals surface area contributed by atoms with Crippen molar-refractivity contribution in [1.82, 2.24) is 10.6 Å². The summed E-state index contributed by atoms with van der Waals surface area (Å²) < 4.78 is 5.85. The third-order valence-electron chi connectivity index (χ3n) is 3.97. The second-order valence-corrected chi connectivity index (χ2v) is 6.94. The molecular weight excluding hydrogens is 276 g/mol. The van der Waals surface area contributed by atoms with Gasteiger partial charge in [-0.15, -0.1) is 0 Å². The maximum atomic E-state index is 11.8. The Hall–Kier alpha value is -1.55. The highest BCUT2D eigenvalue weighted by atomic mass is 16.5. The molecule has 0 spiro atoms. The van der Waals surface area contributed by atoms with Gasteiger partial charge in [-0.2, -0.15) is 0 Å². The minimum Gasteiger partial charge on any atom is -0.491 e. The molecule has 0 radical (unpaired) electrons. The van der Waals surface area contributed by atoms with Gasteiger partial charge >= 0.3 is 0 Å². The summed E-state index contributed by atoms with van der Waals surface area (Å²) in [5.74, 6) is 1.01. The van der Waals surface area contributed by atoms with Crippen LogP contribution in [0.4, 0.5) is 0 Å². The molecule has 1 aromatic rings. The molecule has 22 heavy (non-hydrogen) atoms. The maximum absolute atomic E-state index is 11.8. The molecule has 1 aromatic carbocycles. The lowest BCUT2D eigenvalue weighted by atomic mass is 9.86. The van der Waals surface area contributed by atoms with Crippen LogP contribution in [0.1, 0.15) is 45.6 Å². The van der Waals surface area contributed by atoms with Crippen LogP contribution in [0.5, 0.6) is 5.75 Å². The van der Waals surface area contributed by atoms with Crippen molar-refractivity contribution < 1.29 is 9.53 Å². The fourth-order valence-corrected chi connectivity index (χ4v) is 2.79. The summed E-state index contributed by atoms with van der Waals surface area (Å²) in [5.41, 5.74) is 1.24. The lowest BCUT2D eigenvalue weighted by molar-refractivity contribution is -0.121. The van der Waals surface area contributed by atoms with Crippen molar-refractivity contribution in [2.24, 2.45) is 0 Å². The zero-order valence-corrected chi connectivity index (χ0v) is 13.9. The number of rotatable bonds is 6. The van der Waals surface area contributed by atoms with Crippen LogP contribution < -0.4 is 15.4 Å². The van der Waals surface area contributed by atoms with E-state index in [1.165, 1.54) is 12.0 Å². The van der Waals surface area contributed by atoms with Gasteiger partial charge in [-0.3, -0.25) is 4.79 Å². The second kappa shape index (κ2) is 7.63. The van der Waals surface area contributed by atoms with Gasteiger partial charge in [0.15, 0.2) is 0 Å². The Balaban J connectivity index is 1.73. The van der Waals surface area contributed by atoms with Gasteiger partial charge in [0, 0.05) is 12.5 Å². The summed E-state index contributed by atoms with van der Waals surface area (Å²) in [6.07, 6.45) is 2.84. The molecule has 2 rings (SSSR count). The van der Waals surface area contributed by atoms with E-state index in [-0.39, 0.29) is 11.3 Å². The first-order valence-electron chi connectivity index (χ1n) is 8.19. The molecule has 1 aliphatic heterocycles. The predicted octanol–water partition coefficient (Wildman–Crippen LogP) is 2.62. The van der Waals surface area contributed by atoms with Crippen LogP contribution in [0.3, 0.4) is 0 Å². The van der Waals surface area contributed by atoms with Crippen molar-refractivity contribution in [3.8, 4) is 5.75 Å². The zero-order valence-electron chi connectivity index (χ0n) is 13.9. The second-order valence-electron chi connectivity index (χ2n) is 6.94. The van der Waals surface area contributed by atoms with E-state index >= 15 is 0 Å². The fraction of sp³-hybridized carbons (Fsp3) is 0.611. The standard InChI is InChI=1S/C18H28N2O2/c1-18(2,3)15-8-4-5-9-16(15)22-12-11-20-17(21)13-14-7-6-10-19-14/h4-5,8-9,14,19H,6-7,10-13H2,1-3H3,(H,20,21). The first-order chi connectivity index (χ1) is 10.5. The summed E-state index contributed by atoms with van der Waals surface area (Å²) in [7, 11) is 0. The van der Waals surface area contributed by atoms with Crippen LogP contribution in [-0.2, 0) is 10.2 Å². The first-order valence-corrected chi connectivity index (χ1v) is 8.19. The van der Waals surface area contributed by atoms with E-state index < -0.39 is 0 Å². The van der Waals surface area contributed by atoms with E-state index in [1.807, 2.05) is 18.2 Å². The molecule has 0 aliphatic carbocycles. The number of hydrogen-bond donors (Lipinski definition) is 2. The normalized spacial score (nSPS) is 18.2. The van der Waals surface area contributed by atoms with E-state index in [4.69, 9.17) is 4.74 Å². The maximum Gasteiger partial charge on any atom is 0.221 e. The Bertz CT molecular complexity index is 488. The van der Waals surface area contributed by atoms with Crippen LogP contribution in [0, 0.1) is 0 Å². The highest BCUT2D eigenvalue weighted by Gasteiger charge is 2.19. The molecule has 1 fully saturated rings. The van der Waals surface area contributed by atoms with Gasteiger partial charge < -0.3 is 15.4 Å². The van der Waals surface area contributed by atoms with Crippen molar-refractivity contribution in [3.05, 3.63) is 29.8 Å². The molecule has 0 bridgehead atoms. The summed E-state index contributed by atoms with van der Waals surface area (Å²) >= 11 is 0. The Morgan fingerprint density at radius 2 is 2.14 bits per heavy atom. The van der Waals surface area contributed by atoms with Gasteiger partial charge in [0.1, 0.15) is 12.4 Å². The Labute approximate surface area is 133 Å². The molecule has 1 heterocycles. The number of nitrogens with one attached hydrogen (secondary N) is 2. The van der Waals surface area contributed by atoms with Crippen molar-refractivity contribution >= 4 is 5.91 Å². The highest BCUT2D eigenvalue weighted by Crippen LogP contribution is 2.30. The minimum absolute atomic E-state index is 0.0496. The first kappa shape index (κ1) is 16.8. The molecular formula is C18H28N2O2. The van der Waals surface area contributed by atoms with Crippen LogP contribution in [-0.4, -0.2) is 31.6 Å². The molecule has 0 saturated carbocycles. The van der Waals surface area contributed by atoms with Gasteiger partial charge in [-0.1, -0.05) is 39.0 Å². The lowest BCUT2D eigenvalue weighted by Crippen LogP contribution is -2.34. The molecule has 4 heteroatoms. The molecule has 2 N–H and O–H groups in total. The number of hydrogen-bond acceptors (Lipinski definition) is 3. The summed E-state index contributed by atoms with van der Waals surface area (Å²) in [5, 5.41) is 6.27. The van der Waals surface area contributed by atoms with E-state index in [1.54, 1.807) is 0 Å². The van der Waals surface area contributed by atoms with Crippen LogP contribution in [0.15, 0.2) is 24.3 Å². The van der Waals surface area contributed by atoms with Gasteiger partial charge in [0.25, 0.3) is 0 Å². The van der Waals surface area contributed by atoms with Crippen LogP contribution >= 0.6 is 0 Å². The zero-order chi connectivity index (χ0) is 16.0. The van der Waals surface area contributed by atoms with Crippen molar-refractivity contribution in [1.29, 1.82) is 0 Å². The SMILES string of the molecule is CC(C)(C)c1ccccc1OCCNC(=O)CC1CCCN1. The largest absolute Gasteiger partial charge is 0.491 e. The summed E-state index contributed by atoms with van der Waals surface area (Å²) in [6.45, 7) is 8.59. The summed E-state index contributed by atoms with van der Waals surface area (Å²) in [6, 6.07) is 8.45. The molecule has 1 unspecified atom stereocenters. The van der Waals surface area contributed by atoms with E-state index in [2.05, 4.69) is 37.5 Å². The fourth-order valence-electron chi connectivity index (χ4n) is 2.79. The Morgan fingerprint density at radius 1 is 1.36 bits per heavy atom. The van der Waals surface area contributed by atoms with E-state index in [9.17, 15) is 4.79 Å². The van der Waals surface area contributed by atoms with Gasteiger partial charge in [0.2, 0.25) is 5.91 Å². The molecule has 122 valence electrons. The molecule has 0 aromatic heterocycles. The van der Waals surface area contributed by atoms with Gasteiger partial charge in [-0.05, 0) is 36.4 Å². The Morgan fingerprint density at radius 3 is 2.82 bits per heavy atom. The molecule has 1 atom stereocenters. The minimum atomic E-state index is 0.0496. The molecule has 1 saturated heterocycles. The molecule has 4 nitrogen and oxygen atoms in total. The van der Waals surface area contributed by atoms with Crippen LogP contribution in [0.25, 0.3) is 0 Å². The van der Waals surface area contributed by atoms with Crippen molar-refractivity contribution in [2.75, 3.05) is 19.7 Å². The Kier molecular flexibility index (Phi) is 5.83. The third-order valence-corrected chi connectivity index (χ3v) is 3.97. The monoisotopic (exact) mass is 304 g/mol. The number of ether oxygens (including phenoxy) is 1. The summed E-state index contributed by atoms with van der Waals surface area (Å²) in [4.78, 5) is 11.8. The van der Waals surface area contributed by atoms with E-state index in [0.717, 1.165) is 18.7 Å². The van der Waals surface area contributed by atoms with Crippen LogP contribution in [0.2, 0.25) is 0 Å². The third kappa shape index (κ3) is 5.02. The molecule has 1 amide bonds. The lowest BCUT2D eigenvalue weighted by Gasteiger charge is -2.22. The highest BCUT2D eigenvalue weighted by molar-refractivity contribution is 5.76. The average Bonchev–Trinajstić information content (AvgIpc) is 2.96. The average molecular weight is 304 g/mol. The molecule has 1 aliphatic rings. The number of carbonyl (C=O) groups is 1. The van der Waals surface area contributed by atoms with E-state index in [0.29, 0.717) is 25.6 Å². The number of carbonyl (C=O) groups excluding carboxylic acids is 1. The number of benzene rings is 1.